The number of aryl methyl sites for hydroxylation is 2. The van der Waals surface area contributed by atoms with Gasteiger partial charge in [-0.05, 0) is 50.8 Å². The zero-order valence-corrected chi connectivity index (χ0v) is 16.0. The molecule has 0 unspecified atom stereocenters. The fourth-order valence-corrected chi connectivity index (χ4v) is 3.76. The molecule has 0 radical (unpaired) electrons. The molecule has 3 aromatic rings. The second-order valence-corrected chi connectivity index (χ2v) is 7.12. The van der Waals surface area contributed by atoms with Gasteiger partial charge in [0.2, 0.25) is 0 Å². The lowest BCUT2D eigenvalue weighted by atomic mass is 9.99. The molecule has 1 aliphatic rings. The predicted octanol–water partition coefficient (Wildman–Crippen LogP) is 3.25. The van der Waals surface area contributed by atoms with Gasteiger partial charge in [-0.3, -0.25) is 0 Å². The lowest BCUT2D eigenvalue weighted by Crippen LogP contribution is -2.46. The normalized spacial score (nSPS) is 16.9. The zero-order chi connectivity index (χ0) is 19.3. The van der Waals surface area contributed by atoms with E-state index in [9.17, 15) is 4.79 Å². The number of benzene rings is 1. The Morgan fingerprint density at radius 2 is 2.25 bits per heavy atom. The van der Waals surface area contributed by atoms with Gasteiger partial charge in [0.25, 0.3) is 0 Å². The minimum absolute atomic E-state index is 0.0391. The molecule has 0 spiro atoms. The third kappa shape index (κ3) is 4.05. The van der Waals surface area contributed by atoms with Crippen LogP contribution in [0.25, 0.3) is 5.69 Å². The van der Waals surface area contributed by atoms with Crippen molar-refractivity contribution in [1.82, 2.24) is 29.2 Å². The van der Waals surface area contributed by atoms with Crippen LogP contribution in [0.5, 0.6) is 0 Å². The predicted molar refractivity (Wildman–Crippen MR) is 106 cm³/mol. The molecule has 8 heteroatoms. The van der Waals surface area contributed by atoms with Crippen LogP contribution in [-0.2, 0) is 6.54 Å². The lowest BCUT2D eigenvalue weighted by molar-refractivity contribution is 0.155. The maximum atomic E-state index is 13.0. The molecule has 1 aromatic carbocycles. The molecule has 28 heavy (non-hydrogen) atoms. The summed E-state index contributed by atoms with van der Waals surface area (Å²) in [5.74, 6) is 1.01. The molecule has 1 fully saturated rings. The molecular weight excluding hydrogens is 354 g/mol. The lowest BCUT2D eigenvalue weighted by Gasteiger charge is -2.36. The first-order valence-electron chi connectivity index (χ1n) is 9.71. The number of nitrogens with zero attached hydrogens (tertiary/aromatic N) is 6. The van der Waals surface area contributed by atoms with Gasteiger partial charge in [0.1, 0.15) is 18.5 Å². The maximum Gasteiger partial charge on any atom is 0.322 e. The summed E-state index contributed by atoms with van der Waals surface area (Å²) in [6.07, 6.45) is 11.1. The van der Waals surface area contributed by atoms with E-state index in [0.717, 1.165) is 49.6 Å². The molecule has 146 valence electrons. The summed E-state index contributed by atoms with van der Waals surface area (Å²) in [6.45, 7) is 3.68. The Morgan fingerprint density at radius 3 is 3.04 bits per heavy atom. The zero-order valence-electron chi connectivity index (χ0n) is 16.0. The van der Waals surface area contributed by atoms with Crippen LogP contribution in [-0.4, -0.2) is 47.8 Å². The Kier molecular flexibility index (Phi) is 5.36. The third-order valence-corrected chi connectivity index (χ3v) is 5.30. The molecule has 2 aromatic heterocycles. The minimum atomic E-state index is -0.0391. The van der Waals surface area contributed by atoms with E-state index in [1.54, 1.807) is 11.0 Å². The van der Waals surface area contributed by atoms with Crippen molar-refractivity contribution < 1.29 is 4.79 Å². The van der Waals surface area contributed by atoms with Crippen LogP contribution in [0.2, 0.25) is 0 Å². The van der Waals surface area contributed by atoms with Crippen molar-refractivity contribution in [3.63, 3.8) is 0 Å². The van der Waals surface area contributed by atoms with E-state index >= 15 is 0 Å². The van der Waals surface area contributed by atoms with E-state index in [1.165, 1.54) is 12.7 Å². The van der Waals surface area contributed by atoms with Crippen molar-refractivity contribution in [3.05, 3.63) is 55.1 Å². The average Bonchev–Trinajstić information content (AvgIpc) is 3.39. The summed E-state index contributed by atoms with van der Waals surface area (Å²) in [5.41, 5.74) is 1.62. The summed E-state index contributed by atoms with van der Waals surface area (Å²) >= 11 is 0. The highest BCUT2D eigenvalue weighted by atomic mass is 16.2. The van der Waals surface area contributed by atoms with Crippen LogP contribution in [0.3, 0.4) is 0 Å². The molecule has 0 saturated carbocycles. The number of nitrogens with one attached hydrogen (secondary N) is 1. The fourth-order valence-electron chi connectivity index (χ4n) is 3.76. The standard InChI is InChI=1S/C20H25N7O/c1-16-22-9-12-25(16)11-8-18-6-2-3-10-26(18)20(28)24-17-5-4-7-19(13-17)27-15-21-14-23-27/h4-5,7,9,12-15,18H,2-3,6,8,10-11H2,1H3,(H,24,28)/t18-/m0/s1. The number of urea groups is 1. The Balaban J connectivity index is 1.42. The van der Waals surface area contributed by atoms with Crippen LogP contribution in [0.4, 0.5) is 10.5 Å². The second-order valence-electron chi connectivity index (χ2n) is 7.12. The van der Waals surface area contributed by atoms with Gasteiger partial charge in [-0.1, -0.05) is 6.07 Å². The summed E-state index contributed by atoms with van der Waals surface area (Å²) in [7, 11) is 0. The third-order valence-electron chi connectivity index (χ3n) is 5.30. The quantitative estimate of drug-likeness (QED) is 0.738. The number of likely N-dealkylation sites (tertiary alicyclic amines) is 1. The average molecular weight is 379 g/mol. The number of imidazole rings is 1. The number of anilines is 1. The second kappa shape index (κ2) is 8.24. The number of rotatable bonds is 5. The highest BCUT2D eigenvalue weighted by molar-refractivity contribution is 5.89. The first-order valence-corrected chi connectivity index (χ1v) is 9.71. The SMILES string of the molecule is Cc1nccn1CC[C@@H]1CCCCN1C(=O)Nc1cccc(-n2cncn2)c1. The molecule has 1 atom stereocenters. The summed E-state index contributed by atoms with van der Waals surface area (Å²) < 4.78 is 3.82. The summed E-state index contributed by atoms with van der Waals surface area (Å²) in [6, 6.07) is 7.84. The molecule has 2 amide bonds. The van der Waals surface area contributed by atoms with Crippen molar-refractivity contribution in [2.75, 3.05) is 11.9 Å². The molecular formula is C20H25N7O. The number of aromatic nitrogens is 5. The number of hydrogen-bond acceptors (Lipinski definition) is 4. The van der Waals surface area contributed by atoms with Crippen molar-refractivity contribution in [2.45, 2.75) is 45.2 Å². The van der Waals surface area contributed by atoms with Gasteiger partial charge >= 0.3 is 6.03 Å². The number of hydrogen-bond donors (Lipinski definition) is 1. The molecule has 1 N–H and O–H groups in total. The molecule has 1 aliphatic heterocycles. The monoisotopic (exact) mass is 379 g/mol. The number of carbonyl (C=O) groups excluding carboxylic acids is 1. The Labute approximate surface area is 164 Å². The van der Waals surface area contributed by atoms with E-state index in [2.05, 4.69) is 25.0 Å². The Bertz CT molecular complexity index is 918. The van der Waals surface area contributed by atoms with Gasteiger partial charge in [-0.15, -0.1) is 0 Å². The highest BCUT2D eigenvalue weighted by Gasteiger charge is 2.26. The summed E-state index contributed by atoms with van der Waals surface area (Å²) in [4.78, 5) is 23.2. The van der Waals surface area contributed by atoms with E-state index in [4.69, 9.17) is 0 Å². The number of piperidine rings is 1. The number of carbonyl (C=O) groups is 1. The maximum absolute atomic E-state index is 13.0. The van der Waals surface area contributed by atoms with Crippen LogP contribution < -0.4 is 5.32 Å². The molecule has 1 saturated heterocycles. The van der Waals surface area contributed by atoms with Crippen LogP contribution in [0.15, 0.2) is 49.3 Å². The molecule has 0 bridgehead atoms. The largest absolute Gasteiger partial charge is 0.335 e. The van der Waals surface area contributed by atoms with Crippen LogP contribution in [0, 0.1) is 6.92 Å². The van der Waals surface area contributed by atoms with Gasteiger partial charge in [-0.2, -0.15) is 5.10 Å². The summed E-state index contributed by atoms with van der Waals surface area (Å²) in [5, 5.41) is 7.19. The van der Waals surface area contributed by atoms with E-state index in [0.29, 0.717) is 0 Å². The molecule has 8 nitrogen and oxygen atoms in total. The van der Waals surface area contributed by atoms with Crippen molar-refractivity contribution in [2.24, 2.45) is 0 Å². The van der Waals surface area contributed by atoms with E-state index in [-0.39, 0.29) is 12.1 Å². The first-order chi connectivity index (χ1) is 13.7. The van der Waals surface area contributed by atoms with Gasteiger partial charge < -0.3 is 14.8 Å². The van der Waals surface area contributed by atoms with Crippen LogP contribution >= 0.6 is 0 Å². The number of amides is 2. The van der Waals surface area contributed by atoms with E-state index in [1.807, 2.05) is 48.5 Å². The Hall–Kier alpha value is -3.16. The first kappa shape index (κ1) is 18.2. The fraction of sp³-hybridized carbons (Fsp3) is 0.400. The Morgan fingerprint density at radius 1 is 1.32 bits per heavy atom. The van der Waals surface area contributed by atoms with Crippen molar-refractivity contribution in [1.29, 1.82) is 0 Å². The minimum Gasteiger partial charge on any atom is -0.335 e. The van der Waals surface area contributed by atoms with Gasteiger partial charge in [0.15, 0.2) is 0 Å². The van der Waals surface area contributed by atoms with E-state index < -0.39 is 0 Å². The van der Waals surface area contributed by atoms with Gasteiger partial charge in [0, 0.05) is 37.2 Å². The van der Waals surface area contributed by atoms with Crippen LogP contribution in [0.1, 0.15) is 31.5 Å². The van der Waals surface area contributed by atoms with Gasteiger partial charge in [-0.25, -0.2) is 19.4 Å². The highest BCUT2D eigenvalue weighted by Crippen LogP contribution is 2.22. The molecule has 3 heterocycles. The van der Waals surface area contributed by atoms with Crippen molar-refractivity contribution in [3.8, 4) is 5.69 Å². The van der Waals surface area contributed by atoms with Crippen molar-refractivity contribution >= 4 is 11.7 Å². The molecule has 0 aliphatic carbocycles. The smallest absolute Gasteiger partial charge is 0.322 e. The molecule has 4 rings (SSSR count). The topological polar surface area (TPSA) is 80.9 Å². The van der Waals surface area contributed by atoms with Gasteiger partial charge in [0.05, 0.1) is 5.69 Å².